The molecule has 2 aromatic heterocycles. The Morgan fingerprint density at radius 1 is 1.00 bits per heavy atom. The highest BCUT2D eigenvalue weighted by atomic mass is 32.2. The monoisotopic (exact) mass is 388 g/mol. The van der Waals surface area contributed by atoms with Crippen LogP contribution in [0.1, 0.15) is 25.7 Å². The Hall–Kier alpha value is -2.26. The van der Waals surface area contributed by atoms with E-state index < -0.39 is 10.0 Å². The third-order valence-corrected chi connectivity index (χ3v) is 6.93. The van der Waals surface area contributed by atoms with Crippen LogP contribution in [0.4, 0.5) is 11.8 Å². The predicted molar refractivity (Wildman–Crippen MR) is 103 cm³/mol. The van der Waals surface area contributed by atoms with Crippen molar-refractivity contribution in [3.05, 3.63) is 36.8 Å². The molecule has 9 heteroatoms. The van der Waals surface area contributed by atoms with E-state index >= 15 is 0 Å². The average molecular weight is 388 g/mol. The zero-order valence-electron chi connectivity index (χ0n) is 15.2. The molecule has 8 nitrogen and oxygen atoms in total. The molecule has 0 unspecified atom stereocenters. The highest BCUT2D eigenvalue weighted by Gasteiger charge is 2.27. The fourth-order valence-corrected chi connectivity index (χ4v) is 5.10. The number of sulfonamides is 1. The number of hydrogen-bond donors (Lipinski definition) is 1. The van der Waals surface area contributed by atoms with E-state index in [0.717, 1.165) is 44.7 Å². The van der Waals surface area contributed by atoms with Gasteiger partial charge in [-0.1, -0.05) is 0 Å². The van der Waals surface area contributed by atoms with E-state index in [1.807, 2.05) is 6.07 Å². The van der Waals surface area contributed by atoms with Crippen molar-refractivity contribution >= 4 is 21.8 Å². The minimum Gasteiger partial charge on any atom is -0.366 e. The summed E-state index contributed by atoms with van der Waals surface area (Å²) in [6.45, 7) is 2.92. The van der Waals surface area contributed by atoms with E-state index in [-0.39, 0.29) is 10.9 Å². The average Bonchev–Trinajstić information content (AvgIpc) is 3.25. The molecule has 2 aromatic rings. The van der Waals surface area contributed by atoms with Gasteiger partial charge in [0.05, 0.1) is 0 Å². The Morgan fingerprint density at radius 3 is 2.48 bits per heavy atom. The zero-order valence-corrected chi connectivity index (χ0v) is 16.0. The van der Waals surface area contributed by atoms with Gasteiger partial charge in [0.25, 0.3) is 0 Å². The van der Waals surface area contributed by atoms with Crippen molar-refractivity contribution in [2.75, 3.05) is 36.4 Å². The second-order valence-corrected chi connectivity index (χ2v) is 8.91. The molecule has 0 aromatic carbocycles. The van der Waals surface area contributed by atoms with Crippen LogP contribution in [0, 0.1) is 0 Å². The topological polar surface area (TPSA) is 91.3 Å². The number of aromatic nitrogens is 3. The first-order valence-corrected chi connectivity index (χ1v) is 10.8. The summed E-state index contributed by atoms with van der Waals surface area (Å²) in [5, 5.41) is 3.41. The fraction of sp³-hybridized carbons (Fsp3) is 0.500. The quantitative estimate of drug-likeness (QED) is 0.834. The molecular weight excluding hydrogens is 364 g/mol. The van der Waals surface area contributed by atoms with Crippen molar-refractivity contribution in [2.24, 2.45) is 0 Å². The number of anilines is 2. The lowest BCUT2D eigenvalue weighted by molar-refractivity contribution is 0.477. The molecule has 0 bridgehead atoms. The zero-order chi connectivity index (χ0) is 18.7. The molecule has 4 rings (SSSR count). The fourth-order valence-electron chi connectivity index (χ4n) is 3.64. The first kappa shape index (κ1) is 18.1. The molecule has 2 aliphatic heterocycles. The number of pyridine rings is 1. The summed E-state index contributed by atoms with van der Waals surface area (Å²) in [4.78, 5) is 15.4. The molecule has 0 saturated carbocycles. The van der Waals surface area contributed by atoms with Gasteiger partial charge in [0.15, 0.2) is 0 Å². The Labute approximate surface area is 159 Å². The molecule has 144 valence electrons. The maximum absolute atomic E-state index is 12.6. The van der Waals surface area contributed by atoms with Crippen molar-refractivity contribution in [3.63, 3.8) is 0 Å². The summed E-state index contributed by atoms with van der Waals surface area (Å²) in [5.74, 6) is 1.43. The van der Waals surface area contributed by atoms with Crippen LogP contribution < -0.4 is 10.2 Å². The summed E-state index contributed by atoms with van der Waals surface area (Å²) >= 11 is 0. The van der Waals surface area contributed by atoms with Gasteiger partial charge in [-0.05, 0) is 43.9 Å². The van der Waals surface area contributed by atoms with Crippen LogP contribution in [0.2, 0.25) is 0 Å². The summed E-state index contributed by atoms with van der Waals surface area (Å²) in [5.41, 5.74) is 0. The predicted octanol–water partition coefficient (Wildman–Crippen LogP) is 1.74. The van der Waals surface area contributed by atoms with Crippen LogP contribution in [0.15, 0.2) is 41.7 Å². The lowest BCUT2D eigenvalue weighted by Crippen LogP contribution is -2.43. The van der Waals surface area contributed by atoms with Crippen molar-refractivity contribution in [1.29, 1.82) is 0 Å². The van der Waals surface area contributed by atoms with Gasteiger partial charge in [0.1, 0.15) is 10.7 Å². The highest BCUT2D eigenvalue weighted by Crippen LogP contribution is 2.22. The van der Waals surface area contributed by atoms with Crippen molar-refractivity contribution in [1.82, 2.24) is 19.3 Å². The molecule has 0 spiro atoms. The first-order valence-electron chi connectivity index (χ1n) is 9.38. The number of hydrogen-bond acceptors (Lipinski definition) is 7. The normalized spacial score (nSPS) is 21.3. The third-order valence-electron chi connectivity index (χ3n) is 5.05. The van der Waals surface area contributed by atoms with E-state index in [2.05, 4.69) is 25.2 Å². The molecule has 2 saturated heterocycles. The van der Waals surface area contributed by atoms with Crippen LogP contribution in [-0.2, 0) is 10.0 Å². The van der Waals surface area contributed by atoms with E-state index in [4.69, 9.17) is 0 Å². The molecule has 0 aliphatic carbocycles. The lowest BCUT2D eigenvalue weighted by atomic mass is 10.1. The van der Waals surface area contributed by atoms with E-state index in [1.165, 1.54) is 10.5 Å². The standard InChI is InChI=1S/C18H24N6O2S/c25-27(26,24-11-1-2-12-24)16-6-7-17(21-13-16)22-15-5-3-10-23(14-15)18-19-8-4-9-20-18/h4,6-9,13,15H,1-3,5,10-12,14H2,(H,21,22)/t15-/m0/s1. The number of rotatable bonds is 5. The minimum atomic E-state index is -3.42. The van der Waals surface area contributed by atoms with Crippen LogP contribution in [0.25, 0.3) is 0 Å². The van der Waals surface area contributed by atoms with Gasteiger partial charge in [0, 0.05) is 50.8 Å². The van der Waals surface area contributed by atoms with Crippen molar-refractivity contribution in [3.8, 4) is 0 Å². The molecule has 0 radical (unpaired) electrons. The maximum Gasteiger partial charge on any atom is 0.244 e. The molecule has 27 heavy (non-hydrogen) atoms. The van der Waals surface area contributed by atoms with Crippen LogP contribution in [0.5, 0.6) is 0 Å². The molecule has 1 N–H and O–H groups in total. The second-order valence-electron chi connectivity index (χ2n) is 6.97. The summed E-state index contributed by atoms with van der Waals surface area (Å²) < 4.78 is 26.7. The van der Waals surface area contributed by atoms with Crippen molar-refractivity contribution in [2.45, 2.75) is 36.6 Å². The summed E-state index contributed by atoms with van der Waals surface area (Å²) in [6, 6.07) is 5.42. The number of piperidine rings is 1. The van der Waals surface area contributed by atoms with Gasteiger partial charge >= 0.3 is 0 Å². The largest absolute Gasteiger partial charge is 0.366 e. The highest BCUT2D eigenvalue weighted by molar-refractivity contribution is 7.89. The summed E-state index contributed by atoms with van der Waals surface area (Å²) in [6.07, 6.45) is 8.87. The minimum absolute atomic E-state index is 0.219. The SMILES string of the molecule is O=S(=O)(c1ccc(N[C@H]2CCCN(c3ncccn3)C2)nc1)N1CCCC1. The third kappa shape index (κ3) is 4.03. The molecule has 1 atom stereocenters. The Bertz CT molecular complexity index is 853. The first-order chi connectivity index (χ1) is 13.1. The van der Waals surface area contributed by atoms with E-state index in [9.17, 15) is 8.42 Å². The van der Waals surface area contributed by atoms with Gasteiger partial charge < -0.3 is 10.2 Å². The van der Waals surface area contributed by atoms with Gasteiger partial charge in [0.2, 0.25) is 16.0 Å². The van der Waals surface area contributed by atoms with E-state index in [0.29, 0.717) is 18.9 Å². The smallest absolute Gasteiger partial charge is 0.244 e. The van der Waals surface area contributed by atoms with Gasteiger partial charge in [-0.15, -0.1) is 0 Å². The van der Waals surface area contributed by atoms with Crippen LogP contribution in [0.3, 0.4) is 0 Å². The van der Waals surface area contributed by atoms with Crippen LogP contribution in [-0.4, -0.2) is 59.9 Å². The Kier molecular flexibility index (Phi) is 5.22. The van der Waals surface area contributed by atoms with Crippen LogP contribution >= 0.6 is 0 Å². The number of nitrogens with one attached hydrogen (secondary N) is 1. The molecule has 2 aliphatic rings. The van der Waals surface area contributed by atoms with E-state index in [1.54, 1.807) is 24.5 Å². The maximum atomic E-state index is 12.6. The molecule has 0 amide bonds. The van der Waals surface area contributed by atoms with Crippen molar-refractivity contribution < 1.29 is 8.42 Å². The molecule has 4 heterocycles. The molecule has 2 fully saturated rings. The lowest BCUT2D eigenvalue weighted by Gasteiger charge is -2.33. The Balaban J connectivity index is 1.41. The number of nitrogens with zero attached hydrogens (tertiary/aromatic N) is 5. The second kappa shape index (κ2) is 7.77. The van der Waals surface area contributed by atoms with Gasteiger partial charge in [-0.3, -0.25) is 0 Å². The summed E-state index contributed by atoms with van der Waals surface area (Å²) in [7, 11) is -3.42. The molecular formula is C18H24N6O2S. The Morgan fingerprint density at radius 2 is 1.78 bits per heavy atom. The van der Waals surface area contributed by atoms with Gasteiger partial charge in [-0.2, -0.15) is 4.31 Å². The van der Waals surface area contributed by atoms with Gasteiger partial charge in [-0.25, -0.2) is 23.4 Å².